The number of nitrogens with two attached hydrogens (primary N) is 1. The van der Waals surface area contributed by atoms with Crippen molar-refractivity contribution in [1.29, 1.82) is 0 Å². The zero-order valence-corrected chi connectivity index (χ0v) is 20.2. The highest BCUT2D eigenvalue weighted by Crippen LogP contribution is 2.44. The van der Waals surface area contributed by atoms with Gasteiger partial charge in [-0.3, -0.25) is 0 Å². The van der Waals surface area contributed by atoms with Crippen LogP contribution in [-0.2, 0) is 10.3 Å². The Balaban J connectivity index is 1.89. The largest absolute Gasteiger partial charge is 0.480 e. The Hall–Kier alpha value is -3.42. The minimum absolute atomic E-state index is 0.341. The van der Waals surface area contributed by atoms with Gasteiger partial charge in [0, 0.05) is 30.3 Å². The lowest BCUT2D eigenvalue weighted by Gasteiger charge is -2.27. The van der Waals surface area contributed by atoms with Gasteiger partial charge in [-0.15, -0.1) is 0 Å². The first-order valence-electron chi connectivity index (χ1n) is 11.6. The predicted octanol–water partition coefficient (Wildman–Crippen LogP) is 5.60. The van der Waals surface area contributed by atoms with Gasteiger partial charge in [0.05, 0.1) is 13.7 Å². The van der Waals surface area contributed by atoms with Crippen LogP contribution in [0.15, 0.2) is 59.0 Å². The highest BCUT2D eigenvalue weighted by Gasteiger charge is 2.26. The number of nitrogens with zero attached hydrogens (tertiary/aromatic N) is 2. The third-order valence-corrected chi connectivity index (χ3v) is 6.35. The molecule has 0 aliphatic rings. The first-order valence-corrected chi connectivity index (χ1v) is 11.6. The molecule has 0 saturated heterocycles. The van der Waals surface area contributed by atoms with Crippen molar-refractivity contribution in [2.45, 2.75) is 32.2 Å². The maximum absolute atomic E-state index is 6.62. The number of ether oxygens (including phenoxy) is 2. The van der Waals surface area contributed by atoms with Crippen molar-refractivity contribution in [3.05, 3.63) is 60.2 Å². The number of fused-ring (bicyclic) bond motifs is 1. The molecule has 0 atom stereocenters. The standard InChI is InChI=1S/C27H32N4O3/c1-5-27(28,6-2)20-14-12-19(13-15-20)23-21(18-10-8-7-9-11-18)22-24(33-4)30-26(29-16-17-32-3)31-25(22)34-23/h7-15H,5-6,16-17,28H2,1-4H3,(H,29,30,31). The van der Waals surface area contributed by atoms with Gasteiger partial charge < -0.3 is 24.9 Å². The summed E-state index contributed by atoms with van der Waals surface area (Å²) in [6, 6.07) is 18.4. The second kappa shape index (κ2) is 10.2. The highest BCUT2D eigenvalue weighted by molar-refractivity contribution is 6.03. The maximum Gasteiger partial charge on any atom is 0.236 e. The summed E-state index contributed by atoms with van der Waals surface area (Å²) in [5, 5.41) is 3.89. The Morgan fingerprint density at radius 2 is 1.65 bits per heavy atom. The molecule has 0 spiro atoms. The van der Waals surface area contributed by atoms with Crippen LogP contribution in [0.25, 0.3) is 33.6 Å². The van der Waals surface area contributed by atoms with Gasteiger partial charge in [0.25, 0.3) is 0 Å². The van der Waals surface area contributed by atoms with Crippen molar-refractivity contribution in [1.82, 2.24) is 9.97 Å². The summed E-state index contributed by atoms with van der Waals surface area (Å²) in [5.74, 6) is 1.59. The van der Waals surface area contributed by atoms with Crippen molar-refractivity contribution in [2.24, 2.45) is 5.73 Å². The Kier molecular flexibility index (Phi) is 7.14. The molecule has 0 aliphatic carbocycles. The second-order valence-corrected chi connectivity index (χ2v) is 8.27. The van der Waals surface area contributed by atoms with Gasteiger partial charge >= 0.3 is 0 Å². The molecule has 0 fully saturated rings. The van der Waals surface area contributed by atoms with Gasteiger partial charge in [0.1, 0.15) is 11.1 Å². The summed E-state index contributed by atoms with van der Waals surface area (Å²) in [6.45, 7) is 5.34. The lowest BCUT2D eigenvalue weighted by Crippen LogP contribution is -2.34. The van der Waals surface area contributed by atoms with E-state index in [4.69, 9.17) is 19.6 Å². The lowest BCUT2D eigenvalue weighted by molar-refractivity contribution is 0.210. The van der Waals surface area contributed by atoms with Crippen LogP contribution in [0, 0.1) is 0 Å². The van der Waals surface area contributed by atoms with E-state index in [0.717, 1.165) is 40.5 Å². The number of aromatic nitrogens is 2. The van der Waals surface area contributed by atoms with E-state index in [2.05, 4.69) is 53.4 Å². The zero-order valence-electron chi connectivity index (χ0n) is 20.2. The minimum atomic E-state index is -0.341. The van der Waals surface area contributed by atoms with Crippen molar-refractivity contribution < 1.29 is 13.9 Å². The quantitative estimate of drug-likeness (QED) is 0.298. The Labute approximate surface area is 200 Å². The summed E-state index contributed by atoms with van der Waals surface area (Å²) < 4.78 is 17.2. The van der Waals surface area contributed by atoms with E-state index in [9.17, 15) is 0 Å². The molecule has 2 aromatic heterocycles. The normalized spacial score (nSPS) is 11.7. The molecule has 2 heterocycles. The number of nitrogens with one attached hydrogen (secondary N) is 1. The number of methoxy groups -OCH3 is 2. The molecule has 0 aliphatic heterocycles. The third kappa shape index (κ3) is 4.49. The van der Waals surface area contributed by atoms with Crippen LogP contribution < -0.4 is 15.8 Å². The third-order valence-electron chi connectivity index (χ3n) is 6.35. The summed E-state index contributed by atoms with van der Waals surface area (Å²) in [4.78, 5) is 9.20. The first-order chi connectivity index (χ1) is 16.5. The number of benzene rings is 2. The van der Waals surface area contributed by atoms with Crippen LogP contribution in [-0.4, -0.2) is 37.3 Å². The molecule has 7 nitrogen and oxygen atoms in total. The molecule has 178 valence electrons. The molecular weight excluding hydrogens is 428 g/mol. The van der Waals surface area contributed by atoms with E-state index in [1.807, 2.05) is 30.3 Å². The van der Waals surface area contributed by atoms with Crippen molar-refractivity contribution in [2.75, 3.05) is 32.7 Å². The molecule has 4 rings (SSSR count). The van der Waals surface area contributed by atoms with E-state index in [1.165, 1.54) is 0 Å². The molecule has 0 saturated carbocycles. The van der Waals surface area contributed by atoms with E-state index in [0.29, 0.717) is 36.5 Å². The van der Waals surface area contributed by atoms with Gasteiger partial charge in [-0.25, -0.2) is 0 Å². The average molecular weight is 461 g/mol. The molecule has 4 aromatic rings. The average Bonchev–Trinajstić information content (AvgIpc) is 3.28. The number of furan rings is 1. The molecule has 3 N–H and O–H groups in total. The van der Waals surface area contributed by atoms with Crippen LogP contribution in [0.1, 0.15) is 32.3 Å². The smallest absolute Gasteiger partial charge is 0.236 e. The molecule has 0 unspecified atom stereocenters. The van der Waals surface area contributed by atoms with Crippen LogP contribution in [0.5, 0.6) is 5.88 Å². The number of anilines is 1. The summed E-state index contributed by atoms with van der Waals surface area (Å²) >= 11 is 0. The van der Waals surface area contributed by atoms with Gasteiger partial charge in [0.15, 0.2) is 0 Å². The predicted molar refractivity (Wildman–Crippen MR) is 136 cm³/mol. The fraction of sp³-hybridized carbons (Fsp3) is 0.333. The molecule has 0 amide bonds. The minimum Gasteiger partial charge on any atom is -0.480 e. The first kappa shape index (κ1) is 23.7. The van der Waals surface area contributed by atoms with Gasteiger partial charge in [-0.1, -0.05) is 68.4 Å². The molecule has 34 heavy (non-hydrogen) atoms. The zero-order chi connectivity index (χ0) is 24.1. The van der Waals surface area contributed by atoms with Crippen LogP contribution in [0.4, 0.5) is 5.95 Å². The van der Waals surface area contributed by atoms with Crippen LogP contribution in [0.3, 0.4) is 0 Å². The maximum atomic E-state index is 6.62. The molecule has 2 aromatic carbocycles. The van der Waals surface area contributed by atoms with E-state index in [1.54, 1.807) is 14.2 Å². The van der Waals surface area contributed by atoms with E-state index >= 15 is 0 Å². The summed E-state index contributed by atoms with van der Waals surface area (Å²) in [7, 11) is 3.26. The molecule has 0 bridgehead atoms. The van der Waals surface area contributed by atoms with Crippen molar-refractivity contribution in [3.8, 4) is 28.3 Å². The van der Waals surface area contributed by atoms with Gasteiger partial charge in [-0.05, 0) is 24.0 Å². The highest BCUT2D eigenvalue weighted by atomic mass is 16.5. The van der Waals surface area contributed by atoms with Gasteiger partial charge in [0.2, 0.25) is 17.5 Å². The van der Waals surface area contributed by atoms with Crippen LogP contribution in [0.2, 0.25) is 0 Å². The number of hydrogen-bond donors (Lipinski definition) is 2. The SMILES string of the molecule is CCC(N)(CC)c1ccc(-c2oc3nc(NCCOC)nc(OC)c3c2-c2ccccc2)cc1. The number of hydrogen-bond acceptors (Lipinski definition) is 7. The second-order valence-electron chi connectivity index (χ2n) is 8.27. The lowest BCUT2D eigenvalue weighted by atomic mass is 9.85. The van der Waals surface area contributed by atoms with Crippen LogP contribution >= 0.6 is 0 Å². The molecular formula is C27H32N4O3. The summed E-state index contributed by atoms with van der Waals surface area (Å²) in [5.41, 5.74) is 10.7. The fourth-order valence-corrected chi connectivity index (χ4v) is 4.16. The van der Waals surface area contributed by atoms with Crippen molar-refractivity contribution >= 4 is 17.0 Å². The number of rotatable bonds is 10. The Morgan fingerprint density at radius 3 is 2.26 bits per heavy atom. The Bertz CT molecular complexity index is 1230. The fourth-order valence-electron chi connectivity index (χ4n) is 4.16. The van der Waals surface area contributed by atoms with Crippen molar-refractivity contribution in [3.63, 3.8) is 0 Å². The van der Waals surface area contributed by atoms with E-state index in [-0.39, 0.29) is 5.54 Å². The topological polar surface area (TPSA) is 95.4 Å². The molecule has 0 radical (unpaired) electrons. The monoisotopic (exact) mass is 460 g/mol. The van der Waals surface area contributed by atoms with Gasteiger partial charge in [-0.2, -0.15) is 9.97 Å². The summed E-state index contributed by atoms with van der Waals surface area (Å²) in [6.07, 6.45) is 1.74. The van der Waals surface area contributed by atoms with E-state index < -0.39 is 0 Å². The molecule has 7 heteroatoms. The Morgan fingerprint density at radius 1 is 0.941 bits per heavy atom.